The molecule has 6 nitrogen and oxygen atoms in total. The first-order valence-corrected chi connectivity index (χ1v) is 9.39. The van der Waals surface area contributed by atoms with Gasteiger partial charge >= 0.3 is 12.4 Å². The molecule has 12 heteroatoms. The van der Waals surface area contributed by atoms with E-state index in [9.17, 15) is 41.3 Å². The predicted octanol–water partition coefficient (Wildman–Crippen LogP) is 4.59. The van der Waals surface area contributed by atoms with Crippen LogP contribution in [0.25, 0.3) is 0 Å². The van der Waals surface area contributed by atoms with Crippen molar-refractivity contribution in [2.45, 2.75) is 18.9 Å². The first-order chi connectivity index (χ1) is 14.8. The van der Waals surface area contributed by atoms with Crippen LogP contribution < -0.4 is 0 Å². The molecule has 3 rings (SSSR count). The molecule has 0 bridgehead atoms. The molecule has 1 aliphatic rings. The van der Waals surface area contributed by atoms with E-state index in [0.29, 0.717) is 37.3 Å². The first-order valence-electron chi connectivity index (χ1n) is 9.39. The number of carbonyl (C=O) groups excluding carboxylic acids is 1. The number of amides is 1. The van der Waals surface area contributed by atoms with Gasteiger partial charge in [0, 0.05) is 50.4 Å². The molecular formula is C20H17F6N3O3. The zero-order chi connectivity index (χ0) is 23.7. The summed E-state index contributed by atoms with van der Waals surface area (Å²) in [6.07, 6.45) is -10.1. The minimum atomic E-state index is -5.03. The maximum atomic E-state index is 13.0. The number of benzene rings is 2. The lowest BCUT2D eigenvalue weighted by atomic mass is 10.0. The molecule has 1 saturated heterocycles. The zero-order valence-corrected chi connectivity index (χ0v) is 16.4. The Hall–Kier alpha value is -3.15. The fourth-order valence-electron chi connectivity index (χ4n) is 3.40. The Bertz CT molecular complexity index is 982. The lowest BCUT2D eigenvalue weighted by Crippen LogP contribution is -2.48. The van der Waals surface area contributed by atoms with E-state index < -0.39 is 39.9 Å². The Balaban J connectivity index is 1.71. The Morgan fingerprint density at radius 1 is 0.906 bits per heavy atom. The monoisotopic (exact) mass is 461 g/mol. The van der Waals surface area contributed by atoms with Crippen molar-refractivity contribution in [1.29, 1.82) is 0 Å². The Morgan fingerprint density at radius 3 is 1.97 bits per heavy atom. The average molecular weight is 461 g/mol. The number of non-ortho nitro benzene ring substituents is 1. The number of carbonyl (C=O) groups is 1. The van der Waals surface area contributed by atoms with Crippen LogP contribution in [-0.2, 0) is 18.9 Å². The fourth-order valence-corrected chi connectivity index (χ4v) is 3.40. The summed E-state index contributed by atoms with van der Waals surface area (Å²) in [7, 11) is 0. The quantitative estimate of drug-likeness (QED) is 0.380. The zero-order valence-electron chi connectivity index (χ0n) is 16.4. The number of piperazine rings is 1. The lowest BCUT2D eigenvalue weighted by Gasteiger charge is -2.35. The SMILES string of the molecule is O=C(c1cc(C(F)(F)F)cc(C(F)(F)F)c1)N1CCN(Cc2cccc([N+](=O)[O-])c2)CC1. The van der Waals surface area contributed by atoms with E-state index in [0.717, 1.165) is 0 Å². The van der Waals surface area contributed by atoms with Gasteiger partial charge in [-0.3, -0.25) is 19.8 Å². The van der Waals surface area contributed by atoms with Crippen LogP contribution in [0.1, 0.15) is 27.0 Å². The molecule has 0 saturated carbocycles. The normalized spacial score (nSPS) is 15.6. The van der Waals surface area contributed by atoms with Crippen LogP contribution in [-0.4, -0.2) is 46.8 Å². The van der Waals surface area contributed by atoms with Gasteiger partial charge in [0.25, 0.3) is 11.6 Å². The number of nitro groups is 1. The van der Waals surface area contributed by atoms with Crippen molar-refractivity contribution in [2.75, 3.05) is 26.2 Å². The molecule has 0 unspecified atom stereocenters. The van der Waals surface area contributed by atoms with Crippen molar-refractivity contribution in [3.05, 3.63) is 74.8 Å². The van der Waals surface area contributed by atoms with Crippen LogP contribution >= 0.6 is 0 Å². The third kappa shape index (κ3) is 5.55. The lowest BCUT2D eigenvalue weighted by molar-refractivity contribution is -0.384. The molecule has 1 fully saturated rings. The van der Waals surface area contributed by atoms with Gasteiger partial charge in [-0.05, 0) is 23.8 Å². The molecule has 0 aliphatic carbocycles. The van der Waals surface area contributed by atoms with E-state index in [4.69, 9.17) is 0 Å². The number of hydrogen-bond acceptors (Lipinski definition) is 4. The maximum absolute atomic E-state index is 13.0. The average Bonchev–Trinajstić information content (AvgIpc) is 2.72. The maximum Gasteiger partial charge on any atom is 0.416 e. The van der Waals surface area contributed by atoms with E-state index in [1.807, 2.05) is 4.90 Å². The highest BCUT2D eigenvalue weighted by molar-refractivity contribution is 5.94. The second-order valence-electron chi connectivity index (χ2n) is 7.29. The molecule has 0 radical (unpaired) electrons. The molecule has 172 valence electrons. The Morgan fingerprint density at radius 2 is 1.47 bits per heavy atom. The minimum absolute atomic E-state index is 0.0201. The number of rotatable bonds is 4. The van der Waals surface area contributed by atoms with Crippen molar-refractivity contribution in [3.8, 4) is 0 Å². The summed E-state index contributed by atoms with van der Waals surface area (Å²) in [6, 6.07) is 6.84. The summed E-state index contributed by atoms with van der Waals surface area (Å²) in [5.41, 5.74) is -3.16. The van der Waals surface area contributed by atoms with Crippen molar-refractivity contribution in [1.82, 2.24) is 9.80 Å². The van der Waals surface area contributed by atoms with Gasteiger partial charge in [0.1, 0.15) is 0 Å². The van der Waals surface area contributed by atoms with Crippen LogP contribution in [0.5, 0.6) is 0 Å². The van der Waals surface area contributed by atoms with Crippen molar-refractivity contribution >= 4 is 11.6 Å². The molecule has 1 heterocycles. The highest BCUT2D eigenvalue weighted by atomic mass is 19.4. The van der Waals surface area contributed by atoms with Gasteiger partial charge in [-0.15, -0.1) is 0 Å². The number of hydrogen-bond donors (Lipinski definition) is 0. The van der Waals surface area contributed by atoms with Gasteiger partial charge < -0.3 is 4.90 Å². The van der Waals surface area contributed by atoms with Crippen molar-refractivity contribution < 1.29 is 36.1 Å². The molecule has 1 aliphatic heterocycles. The first kappa shape index (κ1) is 23.5. The van der Waals surface area contributed by atoms with Gasteiger partial charge in [0.15, 0.2) is 0 Å². The third-order valence-corrected chi connectivity index (χ3v) is 5.02. The second-order valence-corrected chi connectivity index (χ2v) is 7.29. The van der Waals surface area contributed by atoms with Gasteiger partial charge in [-0.2, -0.15) is 26.3 Å². The number of alkyl halides is 6. The summed E-state index contributed by atoms with van der Waals surface area (Å²) in [6.45, 7) is 1.14. The molecule has 0 atom stereocenters. The van der Waals surface area contributed by atoms with Gasteiger partial charge in [-0.1, -0.05) is 12.1 Å². The highest BCUT2D eigenvalue weighted by Crippen LogP contribution is 2.36. The molecule has 1 amide bonds. The summed E-state index contributed by atoms with van der Waals surface area (Å²) in [5.74, 6) is -0.920. The standard InChI is InChI=1S/C20H17F6N3O3/c21-19(22,23)15-9-14(10-16(11-15)20(24,25)26)18(30)28-6-4-27(5-7-28)12-13-2-1-3-17(8-13)29(31)32/h1-3,8-11H,4-7,12H2. The molecule has 2 aromatic carbocycles. The van der Waals surface area contributed by atoms with Crippen molar-refractivity contribution in [3.63, 3.8) is 0 Å². The van der Waals surface area contributed by atoms with E-state index in [2.05, 4.69) is 0 Å². The van der Waals surface area contributed by atoms with E-state index >= 15 is 0 Å². The molecule has 0 N–H and O–H groups in total. The fraction of sp³-hybridized carbons (Fsp3) is 0.350. The summed E-state index contributed by atoms with van der Waals surface area (Å²) < 4.78 is 78.2. The van der Waals surface area contributed by atoms with E-state index in [1.165, 1.54) is 17.0 Å². The van der Waals surface area contributed by atoms with Crippen LogP contribution in [0.2, 0.25) is 0 Å². The molecule has 0 aromatic heterocycles. The largest absolute Gasteiger partial charge is 0.416 e. The van der Waals surface area contributed by atoms with Crippen LogP contribution in [0, 0.1) is 10.1 Å². The smallest absolute Gasteiger partial charge is 0.336 e. The summed E-state index contributed by atoms with van der Waals surface area (Å²) in [5, 5.41) is 10.9. The molecule has 32 heavy (non-hydrogen) atoms. The third-order valence-electron chi connectivity index (χ3n) is 5.02. The summed E-state index contributed by atoms with van der Waals surface area (Å²) >= 11 is 0. The highest BCUT2D eigenvalue weighted by Gasteiger charge is 2.38. The van der Waals surface area contributed by atoms with Crippen LogP contribution in [0.3, 0.4) is 0 Å². The van der Waals surface area contributed by atoms with Gasteiger partial charge in [0.05, 0.1) is 16.1 Å². The number of nitrogens with zero attached hydrogens (tertiary/aromatic N) is 3. The molecule has 2 aromatic rings. The van der Waals surface area contributed by atoms with E-state index in [-0.39, 0.29) is 24.8 Å². The van der Waals surface area contributed by atoms with Gasteiger partial charge in [0.2, 0.25) is 0 Å². The predicted molar refractivity (Wildman–Crippen MR) is 101 cm³/mol. The van der Waals surface area contributed by atoms with Crippen LogP contribution in [0.4, 0.5) is 32.0 Å². The molecular weight excluding hydrogens is 444 g/mol. The minimum Gasteiger partial charge on any atom is -0.336 e. The summed E-state index contributed by atoms with van der Waals surface area (Å²) in [4.78, 5) is 26.1. The Kier molecular flexibility index (Phi) is 6.44. The Labute approximate surface area is 178 Å². The topological polar surface area (TPSA) is 66.7 Å². The number of nitro benzene ring substituents is 1. The van der Waals surface area contributed by atoms with E-state index in [1.54, 1.807) is 12.1 Å². The second kappa shape index (κ2) is 8.77. The van der Waals surface area contributed by atoms with Crippen LogP contribution in [0.15, 0.2) is 42.5 Å². The van der Waals surface area contributed by atoms with Crippen molar-refractivity contribution in [2.24, 2.45) is 0 Å². The number of halogens is 6. The van der Waals surface area contributed by atoms with Gasteiger partial charge in [-0.25, -0.2) is 0 Å². The molecule has 0 spiro atoms.